The van der Waals surface area contributed by atoms with E-state index in [0.29, 0.717) is 13.2 Å². The number of hydrogen-bond donors (Lipinski definition) is 1. The molecule has 0 spiro atoms. The summed E-state index contributed by atoms with van der Waals surface area (Å²) in [6.07, 6.45) is 3.81. The maximum absolute atomic E-state index is 6.18. The van der Waals surface area contributed by atoms with E-state index in [4.69, 9.17) is 19.4 Å². The molecule has 0 unspecified atom stereocenters. The molecule has 0 aliphatic carbocycles. The number of anilines is 1. The Morgan fingerprint density at radius 2 is 1.94 bits per heavy atom. The zero-order valence-electron chi connectivity index (χ0n) is 19.0. The molecule has 6 rings (SSSR count). The van der Waals surface area contributed by atoms with Crippen LogP contribution in [-0.4, -0.2) is 78.6 Å². The second kappa shape index (κ2) is 8.32. The summed E-state index contributed by atoms with van der Waals surface area (Å²) >= 11 is 1.79. The Morgan fingerprint density at radius 3 is 2.73 bits per heavy atom. The van der Waals surface area contributed by atoms with Crippen molar-refractivity contribution < 1.29 is 9.47 Å². The highest BCUT2D eigenvalue weighted by Crippen LogP contribution is 2.44. The fourth-order valence-corrected chi connectivity index (χ4v) is 6.28. The number of benzene rings is 1. The van der Waals surface area contributed by atoms with Gasteiger partial charge < -0.3 is 19.3 Å². The van der Waals surface area contributed by atoms with Gasteiger partial charge in [0.15, 0.2) is 11.6 Å². The van der Waals surface area contributed by atoms with Crippen LogP contribution in [0.4, 0.5) is 5.82 Å². The zero-order valence-corrected chi connectivity index (χ0v) is 19.8. The van der Waals surface area contributed by atoms with Crippen LogP contribution in [0.5, 0.6) is 0 Å². The molecular formula is C24H28N6O2S. The lowest BCUT2D eigenvalue weighted by Gasteiger charge is -2.38. The van der Waals surface area contributed by atoms with Crippen LogP contribution in [0.15, 0.2) is 30.5 Å². The molecule has 2 fully saturated rings. The summed E-state index contributed by atoms with van der Waals surface area (Å²) in [6, 6.07) is 8.36. The van der Waals surface area contributed by atoms with Crippen molar-refractivity contribution in [2.75, 3.05) is 58.5 Å². The normalized spacial score (nSPS) is 19.5. The van der Waals surface area contributed by atoms with E-state index in [1.54, 1.807) is 11.3 Å². The van der Waals surface area contributed by atoms with Crippen molar-refractivity contribution in [1.82, 2.24) is 25.1 Å². The highest BCUT2D eigenvalue weighted by atomic mass is 32.1. The highest BCUT2D eigenvalue weighted by Gasteiger charge is 2.37. The molecule has 0 amide bonds. The summed E-state index contributed by atoms with van der Waals surface area (Å²) in [6.45, 7) is 5.13. The molecule has 33 heavy (non-hydrogen) atoms. The van der Waals surface area contributed by atoms with Crippen LogP contribution in [0.2, 0.25) is 0 Å². The third-order valence-electron chi connectivity index (χ3n) is 7.02. The fraction of sp³-hybridized carbons (Fsp3) is 0.458. The number of fused-ring (bicyclic) bond motifs is 2. The van der Waals surface area contributed by atoms with Crippen LogP contribution >= 0.6 is 11.3 Å². The van der Waals surface area contributed by atoms with Gasteiger partial charge in [0.25, 0.3) is 0 Å². The summed E-state index contributed by atoms with van der Waals surface area (Å²) in [5, 5.41) is 8.32. The first-order chi connectivity index (χ1) is 16.2. The molecular weight excluding hydrogens is 436 g/mol. The first-order valence-electron chi connectivity index (χ1n) is 11.5. The Bertz CT molecular complexity index is 1290. The van der Waals surface area contributed by atoms with Crippen LogP contribution in [0.3, 0.4) is 0 Å². The number of morpholine rings is 1. The van der Waals surface area contributed by atoms with E-state index >= 15 is 0 Å². The summed E-state index contributed by atoms with van der Waals surface area (Å²) < 4.78 is 12.9. The van der Waals surface area contributed by atoms with Gasteiger partial charge in [0, 0.05) is 49.1 Å². The van der Waals surface area contributed by atoms with Crippen molar-refractivity contribution in [3.63, 3.8) is 0 Å². The number of H-pyrrole nitrogens is 1. The number of likely N-dealkylation sites (tertiary alicyclic amines) is 1. The van der Waals surface area contributed by atoms with Gasteiger partial charge in [-0.1, -0.05) is 12.1 Å². The van der Waals surface area contributed by atoms with Gasteiger partial charge in [-0.05, 0) is 32.0 Å². The molecule has 9 heteroatoms. The number of piperidine rings is 1. The van der Waals surface area contributed by atoms with Gasteiger partial charge in [-0.15, -0.1) is 11.3 Å². The van der Waals surface area contributed by atoms with Gasteiger partial charge in [0.2, 0.25) is 0 Å². The summed E-state index contributed by atoms with van der Waals surface area (Å²) in [7, 11) is 4.02. The van der Waals surface area contributed by atoms with Crippen LogP contribution in [0, 0.1) is 0 Å². The number of aromatic amines is 1. The summed E-state index contributed by atoms with van der Waals surface area (Å²) in [5.74, 6) is 1.73. The molecule has 0 bridgehead atoms. The highest BCUT2D eigenvalue weighted by molar-refractivity contribution is 7.19. The van der Waals surface area contributed by atoms with E-state index in [1.807, 2.05) is 25.4 Å². The van der Waals surface area contributed by atoms with Crippen LogP contribution in [-0.2, 0) is 15.1 Å². The summed E-state index contributed by atoms with van der Waals surface area (Å²) in [5.41, 5.74) is 2.70. The van der Waals surface area contributed by atoms with E-state index < -0.39 is 0 Å². The average Bonchev–Trinajstić information content (AvgIpc) is 3.52. The maximum Gasteiger partial charge on any atom is 0.162 e. The van der Waals surface area contributed by atoms with Crippen molar-refractivity contribution in [3.05, 3.63) is 35.3 Å². The monoisotopic (exact) mass is 464 g/mol. The number of methoxy groups -OCH3 is 1. The van der Waals surface area contributed by atoms with Gasteiger partial charge in [-0.3, -0.25) is 5.10 Å². The molecule has 0 saturated carbocycles. The minimum absolute atomic E-state index is 0.259. The van der Waals surface area contributed by atoms with Gasteiger partial charge in [-0.2, -0.15) is 5.10 Å². The molecule has 2 aliphatic rings. The van der Waals surface area contributed by atoms with Crippen molar-refractivity contribution in [2.24, 2.45) is 0 Å². The Hall–Kier alpha value is -2.59. The predicted octanol–water partition coefficient (Wildman–Crippen LogP) is 3.64. The Labute approximate surface area is 196 Å². The fourth-order valence-electron chi connectivity index (χ4n) is 4.94. The molecule has 2 saturated heterocycles. The van der Waals surface area contributed by atoms with Crippen LogP contribution in [0.1, 0.15) is 17.7 Å². The Kier molecular flexibility index (Phi) is 5.29. The smallest absolute Gasteiger partial charge is 0.162 e. The topological polar surface area (TPSA) is 79.4 Å². The number of thiophene rings is 1. The molecule has 0 radical (unpaired) electrons. The lowest BCUT2D eigenvalue weighted by atomic mass is 9.89. The van der Waals surface area contributed by atoms with Crippen LogP contribution < -0.4 is 4.90 Å². The van der Waals surface area contributed by atoms with E-state index in [0.717, 1.165) is 77.3 Å². The molecule has 5 heterocycles. The number of hydrogen-bond acceptors (Lipinski definition) is 8. The SMILES string of the molecule is COC1(c2cc3nc(-c4cccc5[nH]ncc45)nc(N4CCOCC4)c3s2)CCN(C)CC1. The molecule has 2 aliphatic heterocycles. The third kappa shape index (κ3) is 3.59. The maximum atomic E-state index is 6.18. The summed E-state index contributed by atoms with van der Waals surface area (Å²) in [4.78, 5) is 16.1. The van der Waals surface area contributed by atoms with E-state index in [2.05, 4.69) is 39.2 Å². The minimum Gasteiger partial charge on any atom is -0.378 e. The first-order valence-corrected chi connectivity index (χ1v) is 12.3. The molecule has 3 aromatic heterocycles. The lowest BCUT2D eigenvalue weighted by Crippen LogP contribution is -2.41. The number of ether oxygens (including phenoxy) is 2. The second-order valence-corrected chi connectivity index (χ2v) is 9.99. The van der Waals surface area contributed by atoms with E-state index in [1.165, 1.54) is 4.88 Å². The Morgan fingerprint density at radius 1 is 1.12 bits per heavy atom. The third-order valence-corrected chi connectivity index (χ3v) is 8.33. The van der Waals surface area contributed by atoms with E-state index in [9.17, 15) is 0 Å². The van der Waals surface area contributed by atoms with Gasteiger partial charge in [-0.25, -0.2) is 9.97 Å². The van der Waals surface area contributed by atoms with Gasteiger partial charge >= 0.3 is 0 Å². The van der Waals surface area contributed by atoms with Crippen molar-refractivity contribution in [1.29, 1.82) is 0 Å². The second-order valence-electron chi connectivity index (χ2n) is 8.93. The van der Waals surface area contributed by atoms with E-state index in [-0.39, 0.29) is 5.60 Å². The molecule has 1 N–H and O–H groups in total. The van der Waals surface area contributed by atoms with Gasteiger partial charge in [0.05, 0.1) is 35.1 Å². The average molecular weight is 465 g/mol. The predicted molar refractivity (Wildman–Crippen MR) is 131 cm³/mol. The number of rotatable bonds is 4. The first kappa shape index (κ1) is 21.0. The van der Waals surface area contributed by atoms with Crippen LogP contribution in [0.25, 0.3) is 32.5 Å². The largest absolute Gasteiger partial charge is 0.378 e. The molecule has 4 aromatic rings. The van der Waals surface area contributed by atoms with Crippen molar-refractivity contribution in [3.8, 4) is 11.4 Å². The zero-order chi connectivity index (χ0) is 22.4. The minimum atomic E-state index is -0.259. The molecule has 8 nitrogen and oxygen atoms in total. The quantitative estimate of drug-likeness (QED) is 0.494. The lowest BCUT2D eigenvalue weighted by molar-refractivity contribution is -0.0557. The van der Waals surface area contributed by atoms with Crippen molar-refractivity contribution in [2.45, 2.75) is 18.4 Å². The number of nitrogens with one attached hydrogen (secondary N) is 1. The van der Waals surface area contributed by atoms with Gasteiger partial charge in [0.1, 0.15) is 5.60 Å². The van der Waals surface area contributed by atoms with Crippen molar-refractivity contribution >= 4 is 38.3 Å². The number of nitrogens with zero attached hydrogens (tertiary/aromatic N) is 5. The Balaban J connectivity index is 1.53. The molecule has 0 atom stereocenters. The number of aromatic nitrogens is 4. The standard InChI is InChI=1S/C24H28N6O2S/c1-29-8-6-24(31-2,7-9-29)20-14-19-21(33-20)23(30-10-12-32-13-11-30)27-22(26-19)16-4-3-5-18-17(16)15-25-28-18/h3-5,14-15H,6-13H2,1-2H3,(H,25,28). The molecule has 1 aromatic carbocycles. The molecule has 172 valence electrons.